The van der Waals surface area contributed by atoms with Gasteiger partial charge in [0.15, 0.2) is 0 Å². The van der Waals surface area contributed by atoms with E-state index in [2.05, 4.69) is 22.2 Å². The number of carbonyl (C=O) groups is 1. The number of nitrogens with zero attached hydrogens (tertiary/aromatic N) is 3. The van der Waals surface area contributed by atoms with Crippen LogP contribution in [-0.4, -0.2) is 56.9 Å². The first-order chi connectivity index (χ1) is 17.7. The second-order valence-electron chi connectivity index (χ2n) is 10.2. The minimum Gasteiger partial charge on any atom is -0.479 e. The van der Waals surface area contributed by atoms with Crippen LogP contribution in [0.4, 0.5) is 10.2 Å². The maximum atomic E-state index is 15.9. The van der Waals surface area contributed by atoms with Crippen molar-refractivity contribution in [3.63, 3.8) is 0 Å². The van der Waals surface area contributed by atoms with E-state index in [0.29, 0.717) is 16.8 Å². The summed E-state index contributed by atoms with van der Waals surface area (Å²) in [6.07, 6.45) is 6.25. The summed E-state index contributed by atoms with van der Waals surface area (Å²) in [4.78, 5) is 23.4. The normalized spacial score (nSPS) is 22.7. The van der Waals surface area contributed by atoms with Gasteiger partial charge in [-0.15, -0.1) is 0 Å². The average molecular weight is 503 g/mol. The van der Waals surface area contributed by atoms with Crippen molar-refractivity contribution in [1.82, 2.24) is 14.9 Å². The van der Waals surface area contributed by atoms with Gasteiger partial charge in [0.25, 0.3) is 0 Å². The molecule has 1 aliphatic carbocycles. The van der Waals surface area contributed by atoms with E-state index in [-0.39, 0.29) is 23.9 Å². The highest BCUT2D eigenvalue weighted by atomic mass is 19.1. The topological polar surface area (TPSA) is 98.6 Å². The third kappa shape index (κ3) is 4.86. The Bertz CT molecular complexity index is 1380. The minimum absolute atomic E-state index is 0.0915. The van der Waals surface area contributed by atoms with Gasteiger partial charge in [-0.2, -0.15) is 0 Å². The second kappa shape index (κ2) is 9.68. The fraction of sp³-hybridized carbons (Fsp3) is 0.345. The van der Waals surface area contributed by atoms with Gasteiger partial charge >= 0.3 is 5.97 Å². The standard InChI is InChI=1S/C29H31FN4O3/c1-28(37,22-12-14-34(2)15-13-22)24-10-9-21-18-31-26(16-23(21)32-24)33-25-11-8-20(17-29(25,30)27(35)36)19-6-4-3-5-7-19/h3-11,16,18,22,37H,12-15,17H2,1-2H3,(H,31,33)(H,35,36). The molecule has 3 aromatic rings. The monoisotopic (exact) mass is 502 g/mol. The van der Waals surface area contributed by atoms with E-state index in [1.807, 2.05) is 49.4 Å². The van der Waals surface area contributed by atoms with Crippen molar-refractivity contribution in [3.8, 4) is 0 Å². The molecule has 7 nitrogen and oxygen atoms in total. The highest BCUT2D eigenvalue weighted by Crippen LogP contribution is 2.39. The Morgan fingerprint density at radius 3 is 2.59 bits per heavy atom. The SMILES string of the molecule is CN1CCC(C(C)(O)c2ccc3cnc(NC4=CC=C(c5ccccc5)CC4(F)C(=O)O)cc3n2)CC1. The number of pyridine rings is 2. The zero-order valence-electron chi connectivity index (χ0n) is 21.0. The van der Waals surface area contributed by atoms with Gasteiger partial charge in [-0.1, -0.05) is 36.4 Å². The van der Waals surface area contributed by atoms with E-state index in [1.54, 1.807) is 18.3 Å². The van der Waals surface area contributed by atoms with Crippen molar-refractivity contribution in [1.29, 1.82) is 0 Å². The number of fused-ring (bicyclic) bond motifs is 1. The fourth-order valence-electron chi connectivity index (χ4n) is 5.20. The summed E-state index contributed by atoms with van der Waals surface area (Å²) in [5.41, 5.74) is -1.29. The predicted molar refractivity (Wildman–Crippen MR) is 142 cm³/mol. The Morgan fingerprint density at radius 2 is 1.89 bits per heavy atom. The van der Waals surface area contributed by atoms with Crippen molar-refractivity contribution < 1.29 is 19.4 Å². The van der Waals surface area contributed by atoms with Crippen LogP contribution in [0.3, 0.4) is 0 Å². The van der Waals surface area contributed by atoms with Gasteiger partial charge in [0.1, 0.15) is 11.4 Å². The third-order valence-electron chi connectivity index (χ3n) is 7.66. The molecule has 3 heterocycles. The average Bonchev–Trinajstić information content (AvgIpc) is 2.90. The minimum atomic E-state index is -2.64. The quantitative estimate of drug-likeness (QED) is 0.447. The smallest absolute Gasteiger partial charge is 0.348 e. The van der Waals surface area contributed by atoms with Gasteiger partial charge < -0.3 is 20.4 Å². The summed E-state index contributed by atoms with van der Waals surface area (Å²) in [5.74, 6) is -1.20. The van der Waals surface area contributed by atoms with Crippen LogP contribution in [0.5, 0.6) is 0 Å². The molecule has 37 heavy (non-hydrogen) atoms. The lowest BCUT2D eigenvalue weighted by atomic mass is 9.79. The number of aliphatic hydroxyl groups is 1. The molecule has 0 amide bonds. The summed E-state index contributed by atoms with van der Waals surface area (Å²) in [6, 6.07) is 14.5. The zero-order chi connectivity index (χ0) is 26.2. The van der Waals surface area contributed by atoms with Crippen LogP contribution in [0.15, 0.2) is 72.6 Å². The molecule has 1 saturated heterocycles. The first kappa shape index (κ1) is 25.0. The summed E-state index contributed by atoms with van der Waals surface area (Å²) < 4.78 is 15.9. The Labute approximate surface area is 215 Å². The molecule has 2 atom stereocenters. The number of anilines is 1. The molecule has 8 heteroatoms. The third-order valence-corrected chi connectivity index (χ3v) is 7.66. The van der Waals surface area contributed by atoms with Crippen LogP contribution < -0.4 is 5.32 Å². The molecule has 1 fully saturated rings. The van der Waals surface area contributed by atoms with Crippen LogP contribution in [0.2, 0.25) is 0 Å². The van der Waals surface area contributed by atoms with Gasteiger partial charge in [-0.25, -0.2) is 19.2 Å². The van der Waals surface area contributed by atoms with Crippen LogP contribution in [0, 0.1) is 5.92 Å². The molecule has 5 rings (SSSR count). The maximum Gasteiger partial charge on any atom is 0.348 e. The fourth-order valence-corrected chi connectivity index (χ4v) is 5.20. The summed E-state index contributed by atoms with van der Waals surface area (Å²) >= 11 is 0. The number of aliphatic carboxylic acids is 1. The van der Waals surface area contributed by atoms with E-state index in [1.165, 1.54) is 6.08 Å². The number of carboxylic acid groups (broad SMARTS) is 1. The van der Waals surface area contributed by atoms with Gasteiger partial charge in [0, 0.05) is 24.1 Å². The number of hydrogen-bond donors (Lipinski definition) is 3. The molecule has 1 aromatic carbocycles. The summed E-state index contributed by atoms with van der Waals surface area (Å²) in [7, 11) is 2.08. The van der Waals surface area contributed by atoms with Crippen molar-refractivity contribution in [2.75, 3.05) is 25.5 Å². The Kier molecular flexibility index (Phi) is 6.56. The predicted octanol–water partition coefficient (Wildman–Crippen LogP) is 4.76. The number of piperidine rings is 1. The molecule has 2 unspecified atom stereocenters. The molecule has 1 aliphatic heterocycles. The first-order valence-corrected chi connectivity index (χ1v) is 12.5. The van der Waals surface area contributed by atoms with Crippen molar-refractivity contribution in [2.24, 2.45) is 5.92 Å². The number of likely N-dealkylation sites (tertiary alicyclic amines) is 1. The van der Waals surface area contributed by atoms with Crippen molar-refractivity contribution in [2.45, 2.75) is 37.5 Å². The lowest BCUT2D eigenvalue weighted by Gasteiger charge is -2.38. The Morgan fingerprint density at radius 1 is 1.16 bits per heavy atom. The van der Waals surface area contributed by atoms with Crippen LogP contribution in [-0.2, 0) is 10.4 Å². The number of alkyl halides is 1. The van der Waals surface area contributed by atoms with Gasteiger partial charge in [-0.05, 0) is 75.2 Å². The second-order valence-corrected chi connectivity index (χ2v) is 10.2. The largest absolute Gasteiger partial charge is 0.479 e. The van der Waals surface area contributed by atoms with Crippen molar-refractivity contribution in [3.05, 3.63) is 83.8 Å². The summed E-state index contributed by atoms with van der Waals surface area (Å²) in [6.45, 7) is 3.66. The Hall–Kier alpha value is -3.62. The molecule has 2 aromatic heterocycles. The highest BCUT2D eigenvalue weighted by molar-refractivity contribution is 5.89. The molecule has 0 saturated carbocycles. The van der Waals surface area contributed by atoms with Crippen LogP contribution >= 0.6 is 0 Å². The molecule has 0 spiro atoms. The number of halogens is 1. The zero-order valence-corrected chi connectivity index (χ0v) is 21.0. The molecule has 192 valence electrons. The maximum absolute atomic E-state index is 15.9. The Balaban J connectivity index is 1.44. The molecule has 0 radical (unpaired) electrons. The molecule has 0 bridgehead atoms. The summed E-state index contributed by atoms with van der Waals surface area (Å²) in [5, 5.41) is 24.8. The van der Waals surface area contributed by atoms with Gasteiger partial charge in [-0.3, -0.25) is 0 Å². The van der Waals surface area contributed by atoms with Gasteiger partial charge in [0.2, 0.25) is 5.67 Å². The van der Waals surface area contributed by atoms with Crippen molar-refractivity contribution >= 4 is 28.3 Å². The van der Waals surface area contributed by atoms with Gasteiger partial charge in [0.05, 0.1) is 16.9 Å². The number of nitrogens with one attached hydrogen (secondary N) is 1. The first-order valence-electron chi connectivity index (χ1n) is 12.5. The highest BCUT2D eigenvalue weighted by Gasteiger charge is 2.45. The molecular formula is C29H31FN4O3. The number of allylic oxidation sites excluding steroid dienone is 3. The molecular weight excluding hydrogens is 471 g/mol. The van der Waals surface area contributed by atoms with Crippen LogP contribution in [0.25, 0.3) is 16.5 Å². The number of benzene rings is 1. The lowest BCUT2D eigenvalue weighted by molar-refractivity contribution is -0.147. The molecule has 3 N–H and O–H groups in total. The number of hydrogen-bond acceptors (Lipinski definition) is 6. The number of rotatable bonds is 6. The molecule has 2 aliphatic rings. The van der Waals surface area contributed by atoms with E-state index in [4.69, 9.17) is 4.98 Å². The number of carboxylic acids is 1. The van der Waals surface area contributed by atoms with Crippen LogP contribution in [0.1, 0.15) is 37.4 Å². The lowest BCUT2D eigenvalue weighted by Crippen LogP contribution is -2.41. The van der Waals surface area contributed by atoms with E-state index in [9.17, 15) is 15.0 Å². The number of aromatic nitrogens is 2. The van der Waals surface area contributed by atoms with E-state index >= 15 is 4.39 Å². The van der Waals surface area contributed by atoms with E-state index in [0.717, 1.165) is 36.9 Å². The van der Waals surface area contributed by atoms with E-state index < -0.39 is 17.2 Å².